The molecule has 0 spiro atoms. The van der Waals surface area contributed by atoms with E-state index in [1.807, 2.05) is 12.1 Å². The van der Waals surface area contributed by atoms with Crippen molar-refractivity contribution < 1.29 is 29.4 Å². The molecule has 1 aliphatic rings. The Balaban J connectivity index is 1.84. The minimum atomic E-state index is -1.30. The minimum absolute atomic E-state index is 0.0675. The van der Waals surface area contributed by atoms with Crippen molar-refractivity contribution in [2.75, 3.05) is 0 Å². The van der Waals surface area contributed by atoms with Gasteiger partial charge in [0.05, 0.1) is 24.2 Å². The molecule has 11 nitrogen and oxygen atoms in total. The lowest BCUT2D eigenvalue weighted by molar-refractivity contribution is -0.132. The first kappa shape index (κ1) is 36.2. The molecule has 11 heteroatoms. The van der Waals surface area contributed by atoms with Crippen LogP contribution in [0.15, 0.2) is 67.7 Å². The van der Waals surface area contributed by atoms with Crippen molar-refractivity contribution in [3.8, 4) is 0 Å². The summed E-state index contributed by atoms with van der Waals surface area (Å²) in [6.45, 7) is 8.09. The van der Waals surface area contributed by atoms with Gasteiger partial charge in [-0.15, -0.1) is 6.58 Å². The van der Waals surface area contributed by atoms with Gasteiger partial charge < -0.3 is 31.1 Å². The molecule has 3 amide bonds. The first-order valence-electron chi connectivity index (χ1n) is 16.2. The number of hydrogen-bond acceptors (Lipinski definition) is 6. The lowest BCUT2D eigenvalue weighted by Gasteiger charge is -2.33. The number of carboxylic acids is 1. The van der Waals surface area contributed by atoms with Crippen LogP contribution in [-0.4, -0.2) is 68.1 Å². The van der Waals surface area contributed by atoms with Crippen molar-refractivity contribution in [2.45, 2.75) is 95.9 Å². The third-order valence-electron chi connectivity index (χ3n) is 8.67. The normalized spacial score (nSPS) is 17.0. The first-order chi connectivity index (χ1) is 22.0. The van der Waals surface area contributed by atoms with Crippen LogP contribution in [0.2, 0.25) is 0 Å². The van der Waals surface area contributed by atoms with E-state index in [0.717, 1.165) is 37.3 Å². The number of aromatic nitrogens is 2. The highest BCUT2D eigenvalue weighted by Gasteiger charge is 2.32. The van der Waals surface area contributed by atoms with E-state index < -0.39 is 47.9 Å². The van der Waals surface area contributed by atoms with Gasteiger partial charge in [-0.2, -0.15) is 0 Å². The van der Waals surface area contributed by atoms with Gasteiger partial charge in [-0.3, -0.25) is 14.4 Å². The number of hydrogen-bond donors (Lipinski definition) is 6. The van der Waals surface area contributed by atoms with Crippen molar-refractivity contribution in [3.63, 3.8) is 0 Å². The maximum Gasteiger partial charge on any atom is 0.328 e. The van der Waals surface area contributed by atoms with Crippen LogP contribution in [-0.2, 0) is 32.0 Å². The number of aliphatic hydroxyl groups is 1. The number of aromatic amines is 1. The second kappa shape index (κ2) is 18.7. The lowest BCUT2D eigenvalue weighted by atomic mass is 9.81. The Morgan fingerprint density at radius 3 is 2.26 bits per heavy atom. The van der Waals surface area contributed by atoms with Crippen LogP contribution in [0.3, 0.4) is 0 Å². The number of benzene rings is 1. The molecule has 6 N–H and O–H groups in total. The maximum absolute atomic E-state index is 14.0. The fraction of sp³-hybridized carbons (Fsp3) is 0.514. The molecule has 0 aliphatic heterocycles. The number of carbonyl (C=O) groups is 4. The highest BCUT2D eigenvalue weighted by atomic mass is 16.4. The standard InChI is InChI=1S/C35H49N5O6/c1-4-26(23(2)3)19-31(41)28(17-24-11-7-5-8-12-24)39-35(46)30(20-27-21-36-22-37-27)40-34(45)29(18-25-13-9-6-10-14-25)38-32(42)15-16-33(43)44/h4,6,9-10,13-16,21-24,26,28-31,41H,1,5,7-8,11-12,17-20H2,2-3H3,(H,36,37)(H,38,42)(H,39,46)(H,40,45)(H,43,44)/t26-,28-,29-,30-,31-/m0/s1. The molecule has 0 bridgehead atoms. The third kappa shape index (κ3) is 12.3. The predicted octanol–water partition coefficient (Wildman–Crippen LogP) is 3.47. The Kier molecular flexibility index (Phi) is 14.7. The Hall–Kier alpha value is -4.25. The molecule has 0 saturated heterocycles. The molecule has 1 aliphatic carbocycles. The quantitative estimate of drug-likeness (QED) is 0.107. The van der Waals surface area contributed by atoms with E-state index in [1.165, 1.54) is 12.7 Å². The molecule has 46 heavy (non-hydrogen) atoms. The summed E-state index contributed by atoms with van der Waals surface area (Å²) in [5.74, 6) is -2.43. The summed E-state index contributed by atoms with van der Waals surface area (Å²) in [6.07, 6.45) is 12.4. The van der Waals surface area contributed by atoms with Crippen molar-refractivity contribution in [2.24, 2.45) is 17.8 Å². The van der Waals surface area contributed by atoms with Gasteiger partial charge in [-0.05, 0) is 36.2 Å². The number of carboxylic acid groups (broad SMARTS) is 1. The number of rotatable bonds is 18. The van der Waals surface area contributed by atoms with Crippen molar-refractivity contribution in [3.05, 3.63) is 78.9 Å². The first-order valence-corrected chi connectivity index (χ1v) is 16.2. The highest BCUT2D eigenvalue weighted by Crippen LogP contribution is 2.30. The van der Waals surface area contributed by atoms with Crippen LogP contribution < -0.4 is 16.0 Å². The SMILES string of the molecule is C=C[C@@H](C[C@H](O)[C@H](CC1CCCCC1)NC(=O)[C@H](Cc1c[nH]cn1)NC(=O)[C@H](Cc1ccccc1)NC(=O)C=CC(=O)O)C(C)C. The van der Waals surface area contributed by atoms with Crippen molar-refractivity contribution in [1.29, 1.82) is 0 Å². The molecule has 0 unspecified atom stereocenters. The molecule has 3 rings (SSSR count). The predicted molar refractivity (Wildman–Crippen MR) is 175 cm³/mol. The maximum atomic E-state index is 14.0. The number of H-pyrrole nitrogens is 1. The number of nitrogens with zero attached hydrogens (tertiary/aromatic N) is 1. The van der Waals surface area contributed by atoms with Gasteiger partial charge in [-0.1, -0.05) is 82.4 Å². The number of nitrogens with one attached hydrogen (secondary N) is 4. The van der Waals surface area contributed by atoms with Gasteiger partial charge in [0.25, 0.3) is 0 Å². The van der Waals surface area contributed by atoms with Gasteiger partial charge in [0.2, 0.25) is 17.7 Å². The van der Waals surface area contributed by atoms with E-state index >= 15 is 0 Å². The Morgan fingerprint density at radius 2 is 1.65 bits per heavy atom. The monoisotopic (exact) mass is 635 g/mol. The van der Waals surface area contributed by atoms with Crippen molar-refractivity contribution >= 4 is 23.7 Å². The Labute approximate surface area is 271 Å². The van der Waals surface area contributed by atoms with Crippen LogP contribution in [0.4, 0.5) is 0 Å². The Morgan fingerprint density at radius 1 is 0.978 bits per heavy atom. The van der Waals surface area contributed by atoms with Gasteiger partial charge >= 0.3 is 5.97 Å². The van der Waals surface area contributed by atoms with E-state index in [9.17, 15) is 24.3 Å². The summed E-state index contributed by atoms with van der Waals surface area (Å²) in [4.78, 5) is 58.3. The summed E-state index contributed by atoms with van der Waals surface area (Å²) in [6, 6.07) is 6.34. The van der Waals surface area contributed by atoms with Crippen molar-refractivity contribution in [1.82, 2.24) is 25.9 Å². The number of amides is 3. The number of carbonyl (C=O) groups excluding carboxylic acids is 3. The topological polar surface area (TPSA) is 174 Å². The fourth-order valence-corrected chi connectivity index (χ4v) is 5.98. The lowest BCUT2D eigenvalue weighted by Crippen LogP contribution is -2.57. The molecular weight excluding hydrogens is 586 g/mol. The molecule has 0 radical (unpaired) electrons. The third-order valence-corrected chi connectivity index (χ3v) is 8.67. The van der Waals surface area contributed by atoms with Crippen LogP contribution in [0.25, 0.3) is 0 Å². The number of aliphatic carboxylic acids is 1. The van der Waals surface area contributed by atoms with E-state index in [1.54, 1.807) is 30.5 Å². The zero-order valence-electron chi connectivity index (χ0n) is 26.9. The summed E-state index contributed by atoms with van der Waals surface area (Å²) in [5.41, 5.74) is 1.31. The van der Waals surface area contributed by atoms with Gasteiger partial charge in [0, 0.05) is 31.2 Å². The molecule has 5 atom stereocenters. The number of aliphatic hydroxyl groups excluding tert-OH is 1. The minimum Gasteiger partial charge on any atom is -0.478 e. The smallest absolute Gasteiger partial charge is 0.328 e. The average Bonchev–Trinajstić information content (AvgIpc) is 3.55. The van der Waals surface area contributed by atoms with Gasteiger partial charge in [0.1, 0.15) is 12.1 Å². The molecule has 1 fully saturated rings. The fourth-order valence-electron chi connectivity index (χ4n) is 5.98. The van der Waals surface area contributed by atoms with Crippen LogP contribution >= 0.6 is 0 Å². The second-order valence-electron chi connectivity index (χ2n) is 12.5. The van der Waals surface area contributed by atoms with Gasteiger partial charge in [-0.25, -0.2) is 9.78 Å². The molecule has 1 aromatic heterocycles. The van der Waals surface area contributed by atoms with Crippen LogP contribution in [0.5, 0.6) is 0 Å². The number of imidazole rings is 1. The molecule has 2 aromatic rings. The summed E-state index contributed by atoms with van der Waals surface area (Å²) in [5, 5.41) is 28.8. The zero-order chi connectivity index (χ0) is 33.5. The summed E-state index contributed by atoms with van der Waals surface area (Å²) >= 11 is 0. The molecular formula is C35H49N5O6. The molecule has 1 aromatic carbocycles. The highest BCUT2D eigenvalue weighted by molar-refractivity contribution is 5.97. The zero-order valence-corrected chi connectivity index (χ0v) is 26.9. The molecule has 1 heterocycles. The Bertz CT molecular complexity index is 1290. The summed E-state index contributed by atoms with van der Waals surface area (Å²) in [7, 11) is 0. The molecule has 1 saturated carbocycles. The largest absolute Gasteiger partial charge is 0.478 e. The van der Waals surface area contributed by atoms with Crippen LogP contribution in [0.1, 0.15) is 70.1 Å². The second-order valence-corrected chi connectivity index (χ2v) is 12.5. The van der Waals surface area contributed by atoms with E-state index in [-0.39, 0.29) is 24.7 Å². The van der Waals surface area contributed by atoms with E-state index in [0.29, 0.717) is 30.5 Å². The average molecular weight is 636 g/mol. The molecule has 250 valence electrons. The van der Waals surface area contributed by atoms with Gasteiger partial charge in [0.15, 0.2) is 0 Å². The van der Waals surface area contributed by atoms with E-state index in [4.69, 9.17) is 5.11 Å². The van der Waals surface area contributed by atoms with E-state index in [2.05, 4.69) is 46.3 Å². The number of allylic oxidation sites excluding steroid dienone is 1. The van der Waals surface area contributed by atoms with Crippen LogP contribution in [0, 0.1) is 17.8 Å². The summed E-state index contributed by atoms with van der Waals surface area (Å²) < 4.78 is 0.